The number of methoxy groups -OCH3 is 1. The molecule has 0 aliphatic heterocycles. The van der Waals surface area contributed by atoms with E-state index < -0.39 is 5.97 Å². The van der Waals surface area contributed by atoms with Crippen LogP contribution in [0.15, 0.2) is 48.5 Å². The van der Waals surface area contributed by atoms with Gasteiger partial charge in [-0.25, -0.2) is 4.79 Å². The molecule has 0 saturated heterocycles. The summed E-state index contributed by atoms with van der Waals surface area (Å²) in [6.07, 6.45) is 0.209. The largest absolute Gasteiger partial charge is 0.465 e. The van der Waals surface area contributed by atoms with Crippen LogP contribution in [-0.4, -0.2) is 24.8 Å². The summed E-state index contributed by atoms with van der Waals surface area (Å²) >= 11 is 0. The minimum absolute atomic E-state index is 0.0755. The smallest absolute Gasteiger partial charge is 0.337 e. The lowest BCUT2D eigenvalue weighted by Crippen LogP contribution is -2.14. The van der Waals surface area contributed by atoms with Gasteiger partial charge in [-0.1, -0.05) is 35.9 Å². The van der Waals surface area contributed by atoms with Gasteiger partial charge in [0.2, 0.25) is 5.91 Å². The number of esters is 1. The van der Waals surface area contributed by atoms with Crippen LogP contribution in [0.4, 0.5) is 5.69 Å². The first-order chi connectivity index (χ1) is 11.5. The molecule has 5 heteroatoms. The van der Waals surface area contributed by atoms with Crippen molar-refractivity contribution < 1.29 is 19.1 Å². The van der Waals surface area contributed by atoms with Crippen molar-refractivity contribution in [3.63, 3.8) is 0 Å². The summed E-state index contributed by atoms with van der Waals surface area (Å²) in [5.74, 6) is -0.827. The maximum Gasteiger partial charge on any atom is 0.337 e. The Morgan fingerprint density at radius 1 is 0.958 bits per heavy atom. The van der Waals surface area contributed by atoms with Crippen molar-refractivity contribution in [2.24, 2.45) is 0 Å². The number of ether oxygens (including phenoxy) is 1. The third-order valence-corrected chi connectivity index (χ3v) is 3.52. The number of hydrogen-bond acceptors (Lipinski definition) is 4. The highest BCUT2D eigenvalue weighted by Crippen LogP contribution is 2.13. The molecule has 1 N–H and O–H groups in total. The van der Waals surface area contributed by atoms with E-state index in [1.807, 2.05) is 19.1 Å². The Bertz CT molecular complexity index is 750. The molecule has 0 heterocycles. The van der Waals surface area contributed by atoms with Gasteiger partial charge < -0.3 is 10.1 Å². The van der Waals surface area contributed by atoms with E-state index in [0.29, 0.717) is 16.8 Å². The first-order valence-corrected chi connectivity index (χ1v) is 7.57. The summed E-state index contributed by atoms with van der Waals surface area (Å²) in [7, 11) is 1.30. The predicted molar refractivity (Wildman–Crippen MR) is 91.2 cm³/mol. The number of Topliss-reactive ketones (excluding diaryl/α,β-unsaturated/α-hetero) is 1. The van der Waals surface area contributed by atoms with Gasteiger partial charge in [0.25, 0.3) is 0 Å². The van der Waals surface area contributed by atoms with E-state index >= 15 is 0 Å². The topological polar surface area (TPSA) is 72.5 Å². The van der Waals surface area contributed by atoms with Crippen LogP contribution in [0.3, 0.4) is 0 Å². The maximum absolute atomic E-state index is 12.1. The summed E-state index contributed by atoms with van der Waals surface area (Å²) in [6, 6.07) is 13.7. The van der Waals surface area contributed by atoms with Crippen molar-refractivity contribution in [3.05, 3.63) is 65.2 Å². The molecule has 0 aromatic heterocycles. The van der Waals surface area contributed by atoms with E-state index in [0.717, 1.165) is 5.56 Å². The van der Waals surface area contributed by atoms with Crippen molar-refractivity contribution >= 4 is 23.3 Å². The molecule has 5 nitrogen and oxygen atoms in total. The van der Waals surface area contributed by atoms with Crippen LogP contribution in [0.1, 0.15) is 39.1 Å². The molecular formula is C19H19NO4. The highest BCUT2D eigenvalue weighted by molar-refractivity contribution is 6.00. The van der Waals surface area contributed by atoms with Crippen LogP contribution >= 0.6 is 0 Å². The minimum atomic E-state index is -0.472. The number of carbonyl (C=O) groups excluding carboxylic acids is 3. The third kappa shape index (κ3) is 4.78. The third-order valence-electron chi connectivity index (χ3n) is 3.52. The van der Waals surface area contributed by atoms with Crippen molar-refractivity contribution in [2.75, 3.05) is 12.4 Å². The van der Waals surface area contributed by atoms with Crippen molar-refractivity contribution in [3.8, 4) is 0 Å². The van der Waals surface area contributed by atoms with Gasteiger partial charge in [0.1, 0.15) is 0 Å². The van der Waals surface area contributed by atoms with Crippen LogP contribution in [0.25, 0.3) is 0 Å². The maximum atomic E-state index is 12.1. The molecule has 0 spiro atoms. The Morgan fingerprint density at radius 2 is 1.67 bits per heavy atom. The Morgan fingerprint density at radius 3 is 2.33 bits per heavy atom. The molecule has 0 radical (unpaired) electrons. The predicted octanol–water partition coefficient (Wildman–Crippen LogP) is 3.38. The molecule has 0 aliphatic rings. The fourth-order valence-electron chi connectivity index (χ4n) is 2.18. The van der Waals surface area contributed by atoms with Crippen LogP contribution in [0.2, 0.25) is 0 Å². The first kappa shape index (κ1) is 17.4. The van der Waals surface area contributed by atoms with Gasteiger partial charge in [-0.3, -0.25) is 9.59 Å². The van der Waals surface area contributed by atoms with E-state index in [-0.39, 0.29) is 24.5 Å². The molecule has 0 saturated carbocycles. The second-order valence-corrected chi connectivity index (χ2v) is 5.41. The molecule has 124 valence electrons. The fourth-order valence-corrected chi connectivity index (χ4v) is 2.18. The normalized spacial score (nSPS) is 10.1. The fraction of sp³-hybridized carbons (Fsp3) is 0.211. The zero-order valence-corrected chi connectivity index (χ0v) is 13.7. The van der Waals surface area contributed by atoms with Crippen LogP contribution < -0.4 is 5.32 Å². The van der Waals surface area contributed by atoms with E-state index in [4.69, 9.17) is 0 Å². The summed E-state index contributed by atoms with van der Waals surface area (Å²) in [4.78, 5) is 35.5. The van der Waals surface area contributed by atoms with Gasteiger partial charge in [0.15, 0.2) is 5.78 Å². The van der Waals surface area contributed by atoms with Crippen molar-refractivity contribution in [2.45, 2.75) is 19.8 Å². The van der Waals surface area contributed by atoms with Gasteiger partial charge in [0, 0.05) is 24.1 Å². The number of hydrogen-bond donors (Lipinski definition) is 1. The lowest BCUT2D eigenvalue weighted by atomic mass is 10.0. The second kappa shape index (κ2) is 8.06. The van der Waals surface area contributed by atoms with Crippen LogP contribution in [0, 0.1) is 6.92 Å². The quantitative estimate of drug-likeness (QED) is 0.653. The van der Waals surface area contributed by atoms with E-state index in [2.05, 4.69) is 10.1 Å². The summed E-state index contributed by atoms with van der Waals surface area (Å²) < 4.78 is 4.64. The molecule has 0 aliphatic carbocycles. The first-order valence-electron chi connectivity index (χ1n) is 7.57. The Hall–Kier alpha value is -2.95. The number of nitrogens with one attached hydrogen (secondary N) is 1. The molecule has 2 aromatic rings. The molecule has 0 bridgehead atoms. The average Bonchev–Trinajstić information content (AvgIpc) is 2.59. The molecule has 2 rings (SSSR count). The molecule has 0 unspecified atom stereocenters. The number of ketones is 1. The molecule has 1 amide bonds. The minimum Gasteiger partial charge on any atom is -0.465 e. The Balaban J connectivity index is 1.90. The monoisotopic (exact) mass is 325 g/mol. The molecule has 24 heavy (non-hydrogen) atoms. The zero-order chi connectivity index (χ0) is 17.5. The molecule has 0 atom stereocenters. The van der Waals surface area contributed by atoms with E-state index in [1.54, 1.807) is 30.3 Å². The number of anilines is 1. The lowest BCUT2D eigenvalue weighted by molar-refractivity contribution is -0.116. The zero-order valence-electron chi connectivity index (χ0n) is 13.7. The number of benzene rings is 2. The molecular weight excluding hydrogens is 306 g/mol. The van der Waals surface area contributed by atoms with Gasteiger partial charge >= 0.3 is 5.97 Å². The summed E-state index contributed by atoms with van der Waals surface area (Å²) in [5.41, 5.74) is 2.52. The SMILES string of the molecule is COC(=O)c1cccc(NC(=O)CCC(=O)c2ccc(C)cc2)c1. The van der Waals surface area contributed by atoms with Gasteiger partial charge in [0.05, 0.1) is 12.7 Å². The van der Waals surface area contributed by atoms with Gasteiger partial charge in [-0.2, -0.15) is 0 Å². The number of amides is 1. The highest BCUT2D eigenvalue weighted by Gasteiger charge is 2.11. The standard InChI is InChI=1S/C19H19NO4/c1-13-6-8-14(9-7-13)17(21)10-11-18(22)20-16-5-3-4-15(12-16)19(23)24-2/h3-9,12H,10-11H2,1-2H3,(H,20,22). The summed E-state index contributed by atoms with van der Waals surface area (Å²) in [6.45, 7) is 1.95. The Labute approximate surface area is 140 Å². The molecule has 2 aromatic carbocycles. The average molecular weight is 325 g/mol. The van der Waals surface area contributed by atoms with Crippen LogP contribution in [-0.2, 0) is 9.53 Å². The summed E-state index contributed by atoms with van der Waals surface area (Å²) in [5, 5.41) is 2.68. The number of carbonyl (C=O) groups is 3. The van der Waals surface area contributed by atoms with E-state index in [9.17, 15) is 14.4 Å². The van der Waals surface area contributed by atoms with Crippen LogP contribution in [0.5, 0.6) is 0 Å². The van der Waals surface area contributed by atoms with Crippen molar-refractivity contribution in [1.82, 2.24) is 0 Å². The highest BCUT2D eigenvalue weighted by atomic mass is 16.5. The Kier molecular flexibility index (Phi) is 5.84. The van der Waals surface area contributed by atoms with Crippen molar-refractivity contribution in [1.29, 1.82) is 0 Å². The van der Waals surface area contributed by atoms with E-state index in [1.165, 1.54) is 13.2 Å². The number of rotatable bonds is 6. The number of aryl methyl sites for hydroxylation is 1. The van der Waals surface area contributed by atoms with Gasteiger partial charge in [-0.05, 0) is 25.1 Å². The van der Waals surface area contributed by atoms with Gasteiger partial charge in [-0.15, -0.1) is 0 Å². The molecule has 0 fully saturated rings. The lowest BCUT2D eigenvalue weighted by Gasteiger charge is -2.07. The second-order valence-electron chi connectivity index (χ2n) is 5.41.